The fraction of sp³-hybridized carbons (Fsp3) is 0.333. The number of para-hydroxylation sites is 1. The number of carbonyl (C=O) groups is 1. The lowest BCUT2D eigenvalue weighted by molar-refractivity contribution is 0.0698. The number of piperidine rings is 1. The maximum atomic E-state index is 12.6. The highest BCUT2D eigenvalue weighted by Crippen LogP contribution is 2.29. The quantitative estimate of drug-likeness (QED) is 0.751. The number of likely N-dealkylation sites (tertiary alicyclic amines) is 1. The van der Waals surface area contributed by atoms with Gasteiger partial charge in [0.05, 0.1) is 0 Å². The van der Waals surface area contributed by atoms with Gasteiger partial charge in [-0.15, -0.1) is 0 Å². The van der Waals surface area contributed by atoms with Crippen molar-refractivity contribution in [3.05, 3.63) is 65.4 Å². The molecule has 28 heavy (non-hydrogen) atoms. The average Bonchev–Trinajstić information content (AvgIpc) is 3.24. The third-order valence-electron chi connectivity index (χ3n) is 4.96. The van der Waals surface area contributed by atoms with E-state index in [1.807, 2.05) is 49.1 Å². The molecule has 1 fully saturated rings. The number of aromatic amines is 1. The average molecular weight is 377 g/mol. The number of hydrogen-bond donors (Lipinski definition) is 1. The van der Waals surface area contributed by atoms with E-state index in [0.29, 0.717) is 18.1 Å². The van der Waals surface area contributed by atoms with Crippen LogP contribution in [0.2, 0.25) is 0 Å². The lowest BCUT2D eigenvalue weighted by Gasteiger charge is -2.31. The highest BCUT2D eigenvalue weighted by atomic mass is 16.5. The van der Waals surface area contributed by atoms with Crippen molar-refractivity contribution in [2.75, 3.05) is 13.1 Å². The van der Waals surface area contributed by atoms with Crippen LogP contribution in [0.4, 0.5) is 0 Å². The first-order chi connectivity index (χ1) is 13.6. The Hall–Kier alpha value is -3.22. The number of benzene rings is 1. The van der Waals surface area contributed by atoms with Gasteiger partial charge in [0, 0.05) is 37.0 Å². The molecule has 0 spiro atoms. The summed E-state index contributed by atoms with van der Waals surface area (Å²) in [5.41, 5.74) is 2.41. The summed E-state index contributed by atoms with van der Waals surface area (Å²) in [6.07, 6.45) is 3.45. The smallest absolute Gasteiger partial charge is 0.271 e. The molecule has 1 saturated heterocycles. The van der Waals surface area contributed by atoms with E-state index in [1.165, 1.54) is 0 Å². The molecule has 1 atom stereocenters. The fourth-order valence-electron chi connectivity index (χ4n) is 3.50. The van der Waals surface area contributed by atoms with Gasteiger partial charge in [0.15, 0.2) is 0 Å². The minimum atomic E-state index is -0.0359. The van der Waals surface area contributed by atoms with Gasteiger partial charge in [-0.3, -0.25) is 9.89 Å². The molecule has 1 amide bonds. The highest BCUT2D eigenvalue weighted by molar-refractivity contribution is 5.92. The predicted molar refractivity (Wildman–Crippen MR) is 104 cm³/mol. The second-order valence-electron chi connectivity index (χ2n) is 7.13. The van der Waals surface area contributed by atoms with Crippen LogP contribution in [0.3, 0.4) is 0 Å². The molecule has 1 unspecified atom stereocenters. The summed E-state index contributed by atoms with van der Waals surface area (Å²) in [5, 5.41) is 6.62. The topological polar surface area (TPSA) is 84.0 Å². The molecular weight excluding hydrogens is 354 g/mol. The number of aromatic nitrogens is 4. The molecule has 0 radical (unpaired) electrons. The van der Waals surface area contributed by atoms with E-state index in [0.717, 1.165) is 42.2 Å². The standard InChI is InChI=1S/C21H23N5O2/c1-14-6-3-4-8-18(14)28-19-12-15(2)23-20(24-19)16-7-5-11-26(13-16)21(27)17-9-10-22-25-17/h3-4,6,8-10,12,16H,5,7,11,13H2,1-2H3,(H,22,25). The molecule has 1 aliphatic rings. The predicted octanol–water partition coefficient (Wildman–Crippen LogP) is 3.63. The van der Waals surface area contributed by atoms with Crippen LogP contribution < -0.4 is 4.74 Å². The van der Waals surface area contributed by atoms with Crippen molar-refractivity contribution in [3.63, 3.8) is 0 Å². The van der Waals surface area contributed by atoms with E-state index in [2.05, 4.69) is 20.2 Å². The summed E-state index contributed by atoms with van der Waals surface area (Å²) in [6.45, 7) is 5.26. The molecule has 2 aromatic heterocycles. The molecular formula is C21H23N5O2. The van der Waals surface area contributed by atoms with Gasteiger partial charge in [0.25, 0.3) is 5.91 Å². The maximum Gasteiger partial charge on any atom is 0.271 e. The number of ether oxygens (including phenoxy) is 1. The van der Waals surface area contributed by atoms with Crippen LogP contribution in [-0.2, 0) is 0 Å². The molecule has 1 aromatic carbocycles. The molecule has 1 N–H and O–H groups in total. The number of hydrogen-bond acceptors (Lipinski definition) is 5. The van der Waals surface area contributed by atoms with Crippen molar-refractivity contribution in [1.29, 1.82) is 0 Å². The zero-order valence-corrected chi connectivity index (χ0v) is 16.1. The fourth-order valence-corrected chi connectivity index (χ4v) is 3.50. The van der Waals surface area contributed by atoms with Crippen LogP contribution in [0.1, 0.15) is 46.3 Å². The van der Waals surface area contributed by atoms with Gasteiger partial charge in [-0.25, -0.2) is 4.98 Å². The molecule has 7 nitrogen and oxygen atoms in total. The maximum absolute atomic E-state index is 12.6. The minimum absolute atomic E-state index is 0.0359. The first kappa shape index (κ1) is 18.2. The Kier molecular flexibility index (Phi) is 5.06. The van der Waals surface area contributed by atoms with Gasteiger partial charge < -0.3 is 9.64 Å². The Balaban J connectivity index is 1.54. The van der Waals surface area contributed by atoms with Crippen molar-refractivity contribution < 1.29 is 9.53 Å². The molecule has 4 rings (SSSR count). The van der Waals surface area contributed by atoms with E-state index < -0.39 is 0 Å². The summed E-state index contributed by atoms with van der Waals surface area (Å²) in [7, 11) is 0. The lowest BCUT2D eigenvalue weighted by Crippen LogP contribution is -2.39. The molecule has 7 heteroatoms. The van der Waals surface area contributed by atoms with Crippen molar-refractivity contribution in [1.82, 2.24) is 25.1 Å². The van der Waals surface area contributed by atoms with Gasteiger partial charge in [-0.2, -0.15) is 10.1 Å². The Morgan fingerprint density at radius 1 is 1.21 bits per heavy atom. The van der Waals surface area contributed by atoms with Gasteiger partial charge >= 0.3 is 0 Å². The van der Waals surface area contributed by atoms with Crippen LogP contribution in [0.5, 0.6) is 11.6 Å². The third-order valence-corrected chi connectivity index (χ3v) is 4.96. The summed E-state index contributed by atoms with van der Waals surface area (Å²) in [6, 6.07) is 11.4. The molecule has 0 saturated carbocycles. The number of aryl methyl sites for hydroxylation is 2. The van der Waals surface area contributed by atoms with Crippen molar-refractivity contribution >= 4 is 5.91 Å². The SMILES string of the molecule is Cc1cc(Oc2ccccc2C)nc(C2CCCN(C(=O)c3ccn[nH]3)C2)n1. The zero-order valence-electron chi connectivity index (χ0n) is 16.1. The number of H-pyrrole nitrogens is 1. The van der Waals surface area contributed by atoms with E-state index in [4.69, 9.17) is 4.74 Å². The summed E-state index contributed by atoms with van der Waals surface area (Å²) < 4.78 is 6.01. The van der Waals surface area contributed by atoms with Crippen molar-refractivity contribution in [2.24, 2.45) is 0 Å². The minimum Gasteiger partial charge on any atom is -0.439 e. The molecule has 144 valence electrons. The van der Waals surface area contributed by atoms with Gasteiger partial charge in [-0.1, -0.05) is 18.2 Å². The number of nitrogens with one attached hydrogen (secondary N) is 1. The number of nitrogens with zero attached hydrogens (tertiary/aromatic N) is 4. The van der Waals surface area contributed by atoms with Gasteiger partial charge in [0.2, 0.25) is 5.88 Å². The van der Waals surface area contributed by atoms with Crippen molar-refractivity contribution in [3.8, 4) is 11.6 Å². The van der Waals surface area contributed by atoms with Crippen LogP contribution >= 0.6 is 0 Å². The largest absolute Gasteiger partial charge is 0.439 e. The Morgan fingerprint density at radius 3 is 2.86 bits per heavy atom. The molecule has 3 heterocycles. The zero-order chi connectivity index (χ0) is 19.5. The van der Waals surface area contributed by atoms with Gasteiger partial charge in [-0.05, 0) is 44.4 Å². The normalized spacial score (nSPS) is 16.8. The van der Waals surface area contributed by atoms with E-state index in [9.17, 15) is 4.79 Å². The number of rotatable bonds is 4. The van der Waals surface area contributed by atoms with Crippen LogP contribution in [0, 0.1) is 13.8 Å². The van der Waals surface area contributed by atoms with Crippen LogP contribution in [-0.4, -0.2) is 44.1 Å². The Labute approximate surface area is 163 Å². The molecule has 3 aromatic rings. The van der Waals surface area contributed by atoms with E-state index >= 15 is 0 Å². The third kappa shape index (κ3) is 3.88. The summed E-state index contributed by atoms with van der Waals surface area (Å²) in [5.74, 6) is 2.09. The second-order valence-corrected chi connectivity index (χ2v) is 7.13. The Morgan fingerprint density at radius 2 is 2.07 bits per heavy atom. The monoisotopic (exact) mass is 377 g/mol. The van der Waals surface area contributed by atoms with E-state index in [-0.39, 0.29) is 11.8 Å². The van der Waals surface area contributed by atoms with Crippen LogP contribution in [0.15, 0.2) is 42.6 Å². The molecule has 0 bridgehead atoms. The first-order valence-corrected chi connectivity index (χ1v) is 9.48. The van der Waals surface area contributed by atoms with Crippen molar-refractivity contribution in [2.45, 2.75) is 32.6 Å². The lowest BCUT2D eigenvalue weighted by atomic mass is 9.96. The van der Waals surface area contributed by atoms with Gasteiger partial charge in [0.1, 0.15) is 17.3 Å². The highest BCUT2D eigenvalue weighted by Gasteiger charge is 2.28. The Bertz CT molecular complexity index is 971. The summed E-state index contributed by atoms with van der Waals surface area (Å²) in [4.78, 5) is 23.8. The second kappa shape index (κ2) is 7.80. The number of carbonyl (C=O) groups excluding carboxylic acids is 1. The number of amides is 1. The molecule has 0 aliphatic carbocycles. The van der Waals surface area contributed by atoms with Crippen LogP contribution in [0.25, 0.3) is 0 Å². The summed E-state index contributed by atoms with van der Waals surface area (Å²) >= 11 is 0. The molecule has 1 aliphatic heterocycles. The van der Waals surface area contributed by atoms with E-state index in [1.54, 1.807) is 12.3 Å². The first-order valence-electron chi connectivity index (χ1n) is 9.48.